The summed E-state index contributed by atoms with van der Waals surface area (Å²) in [6.07, 6.45) is 5.88. The molecule has 4 rings (SSSR count). The molecule has 0 N–H and O–H groups in total. The molecule has 0 unspecified atom stereocenters. The molecular formula is C19H22N2O4S. The van der Waals surface area contributed by atoms with E-state index in [2.05, 4.69) is 4.98 Å². The number of benzene rings is 1. The molecule has 1 saturated carbocycles. The van der Waals surface area contributed by atoms with Gasteiger partial charge in [0, 0.05) is 24.5 Å². The molecule has 26 heavy (non-hydrogen) atoms. The summed E-state index contributed by atoms with van der Waals surface area (Å²) in [6, 6.07) is 10.6. The van der Waals surface area contributed by atoms with Gasteiger partial charge in [-0.3, -0.25) is 4.98 Å². The van der Waals surface area contributed by atoms with Crippen LogP contribution in [0.3, 0.4) is 0 Å². The monoisotopic (exact) mass is 374 g/mol. The van der Waals surface area contributed by atoms with Gasteiger partial charge in [0.1, 0.15) is 23.0 Å². The summed E-state index contributed by atoms with van der Waals surface area (Å²) in [6.45, 7) is 0.341. The second-order valence-electron chi connectivity index (χ2n) is 6.81. The van der Waals surface area contributed by atoms with Crippen molar-refractivity contribution in [3.05, 3.63) is 48.8 Å². The number of pyridine rings is 1. The molecule has 6 nitrogen and oxygen atoms in total. The van der Waals surface area contributed by atoms with Crippen LogP contribution in [0.2, 0.25) is 0 Å². The van der Waals surface area contributed by atoms with Gasteiger partial charge in [-0.05, 0) is 49.4 Å². The zero-order valence-electron chi connectivity index (χ0n) is 14.6. The van der Waals surface area contributed by atoms with Gasteiger partial charge in [-0.2, -0.15) is 4.31 Å². The fraction of sp³-hybridized carbons (Fsp3) is 0.421. The van der Waals surface area contributed by atoms with E-state index < -0.39 is 10.0 Å². The lowest BCUT2D eigenvalue weighted by molar-refractivity contribution is 0.162. The highest BCUT2D eigenvalue weighted by molar-refractivity contribution is 7.89. The average molecular weight is 374 g/mol. The number of ether oxygens (including phenoxy) is 2. The Balaban J connectivity index is 1.56. The van der Waals surface area contributed by atoms with Crippen molar-refractivity contribution >= 4 is 10.0 Å². The van der Waals surface area contributed by atoms with Gasteiger partial charge in [-0.15, -0.1) is 0 Å². The van der Waals surface area contributed by atoms with Crippen LogP contribution in [0.25, 0.3) is 0 Å². The largest absolute Gasteiger partial charge is 0.497 e. The van der Waals surface area contributed by atoms with E-state index >= 15 is 0 Å². The van der Waals surface area contributed by atoms with Crippen LogP contribution in [0.5, 0.6) is 11.5 Å². The Labute approximate surface area is 153 Å². The van der Waals surface area contributed by atoms with Crippen molar-refractivity contribution in [2.24, 2.45) is 5.92 Å². The Hall–Kier alpha value is -2.12. The number of methoxy groups -OCH3 is 1. The van der Waals surface area contributed by atoms with Gasteiger partial charge in [0.2, 0.25) is 10.0 Å². The summed E-state index contributed by atoms with van der Waals surface area (Å²) in [4.78, 5) is 4.22. The molecule has 2 fully saturated rings. The zero-order valence-corrected chi connectivity index (χ0v) is 15.4. The van der Waals surface area contributed by atoms with Crippen LogP contribution < -0.4 is 9.47 Å². The lowest BCUT2D eigenvalue weighted by atomic mass is 10.0. The number of fused-ring (bicyclic) bond motifs is 2. The van der Waals surface area contributed by atoms with Crippen molar-refractivity contribution in [1.82, 2.24) is 9.29 Å². The van der Waals surface area contributed by atoms with Crippen molar-refractivity contribution in [2.45, 2.75) is 36.2 Å². The first-order chi connectivity index (χ1) is 12.6. The van der Waals surface area contributed by atoms with Crippen LogP contribution in [0, 0.1) is 5.92 Å². The Morgan fingerprint density at radius 1 is 1.19 bits per heavy atom. The van der Waals surface area contributed by atoms with Gasteiger partial charge in [0.05, 0.1) is 13.2 Å². The minimum Gasteiger partial charge on any atom is -0.497 e. The standard InChI is InChI=1S/C19H22N2O4S/c1-24-16-4-2-5-17(11-16)25-13-19-14-7-8-15(10-14)21(19)26(22,23)18-6-3-9-20-12-18/h2-6,9,11-12,14-15,19H,7-8,10,13H2,1H3/t14-,15-,19+/m1/s1. The molecule has 2 aromatic rings. The number of aromatic nitrogens is 1. The van der Waals surface area contributed by atoms with E-state index in [4.69, 9.17) is 9.47 Å². The number of hydrogen-bond donors (Lipinski definition) is 0. The Kier molecular flexibility index (Phi) is 4.58. The highest BCUT2D eigenvalue weighted by atomic mass is 32.2. The fourth-order valence-electron chi connectivity index (χ4n) is 4.13. The van der Waals surface area contributed by atoms with Gasteiger partial charge < -0.3 is 9.47 Å². The predicted octanol–water partition coefficient (Wildman–Crippen LogP) is 2.71. The van der Waals surface area contributed by atoms with E-state index in [-0.39, 0.29) is 17.0 Å². The van der Waals surface area contributed by atoms with Gasteiger partial charge in [0.15, 0.2) is 0 Å². The smallest absolute Gasteiger partial charge is 0.245 e. The van der Waals surface area contributed by atoms with Crippen LogP contribution in [-0.2, 0) is 10.0 Å². The lowest BCUT2D eigenvalue weighted by Gasteiger charge is -2.34. The van der Waals surface area contributed by atoms with Crippen LogP contribution in [-0.4, -0.2) is 43.5 Å². The second kappa shape index (κ2) is 6.89. The first kappa shape index (κ1) is 17.3. The molecule has 0 spiro atoms. The second-order valence-corrected chi connectivity index (χ2v) is 8.65. The zero-order chi connectivity index (χ0) is 18.1. The summed E-state index contributed by atoms with van der Waals surface area (Å²) in [7, 11) is -1.96. The van der Waals surface area contributed by atoms with Crippen molar-refractivity contribution in [1.29, 1.82) is 0 Å². The van der Waals surface area contributed by atoms with E-state index in [1.54, 1.807) is 29.7 Å². The van der Waals surface area contributed by atoms with E-state index in [1.165, 1.54) is 6.20 Å². The molecule has 7 heteroatoms. The van der Waals surface area contributed by atoms with Crippen LogP contribution in [0.4, 0.5) is 0 Å². The van der Waals surface area contributed by atoms with Crippen LogP contribution in [0.1, 0.15) is 19.3 Å². The SMILES string of the molecule is COc1cccc(OC[C@H]2[C@@H]3CC[C@H](C3)N2S(=O)(=O)c2cccnc2)c1. The summed E-state index contributed by atoms with van der Waals surface area (Å²) >= 11 is 0. The maximum Gasteiger partial charge on any atom is 0.245 e. The lowest BCUT2D eigenvalue weighted by Crippen LogP contribution is -2.47. The molecule has 2 aliphatic rings. The molecular weight excluding hydrogens is 352 g/mol. The number of sulfonamides is 1. The Morgan fingerprint density at radius 3 is 2.81 bits per heavy atom. The number of piperidine rings is 1. The van der Waals surface area contributed by atoms with Gasteiger partial charge in [0.25, 0.3) is 0 Å². The topological polar surface area (TPSA) is 68.7 Å². The first-order valence-corrected chi connectivity index (χ1v) is 10.2. The normalized spacial score (nSPS) is 25.3. The average Bonchev–Trinajstić information content (AvgIpc) is 3.29. The van der Waals surface area contributed by atoms with Crippen molar-refractivity contribution in [3.63, 3.8) is 0 Å². The van der Waals surface area contributed by atoms with Crippen LogP contribution in [0.15, 0.2) is 53.7 Å². The van der Waals surface area contributed by atoms with Gasteiger partial charge in [-0.25, -0.2) is 8.42 Å². The van der Waals surface area contributed by atoms with Crippen molar-refractivity contribution in [3.8, 4) is 11.5 Å². The molecule has 0 amide bonds. The molecule has 2 heterocycles. The highest BCUT2D eigenvalue weighted by Gasteiger charge is 2.51. The predicted molar refractivity (Wildman–Crippen MR) is 96.7 cm³/mol. The summed E-state index contributed by atoms with van der Waals surface area (Å²) in [5.74, 6) is 1.75. The van der Waals surface area contributed by atoms with E-state index in [0.717, 1.165) is 25.0 Å². The van der Waals surface area contributed by atoms with Crippen LogP contribution >= 0.6 is 0 Å². The molecule has 1 aliphatic heterocycles. The number of rotatable bonds is 6. The summed E-state index contributed by atoms with van der Waals surface area (Å²) < 4.78 is 39.1. The minimum atomic E-state index is -3.57. The third kappa shape index (κ3) is 3.05. The molecule has 2 bridgehead atoms. The number of nitrogens with zero attached hydrogens (tertiary/aromatic N) is 2. The fourth-order valence-corrected chi connectivity index (χ4v) is 5.99. The first-order valence-electron chi connectivity index (χ1n) is 8.80. The van der Waals surface area contributed by atoms with Crippen molar-refractivity contribution in [2.75, 3.05) is 13.7 Å². The maximum absolute atomic E-state index is 13.2. The Morgan fingerprint density at radius 2 is 2.04 bits per heavy atom. The Bertz CT molecular complexity index is 872. The van der Waals surface area contributed by atoms with Crippen molar-refractivity contribution < 1.29 is 17.9 Å². The third-order valence-corrected chi connectivity index (χ3v) is 7.31. The van der Waals surface area contributed by atoms with E-state index in [1.807, 2.05) is 24.3 Å². The van der Waals surface area contributed by atoms with Gasteiger partial charge in [-0.1, -0.05) is 6.07 Å². The van der Waals surface area contributed by atoms with E-state index in [9.17, 15) is 8.42 Å². The molecule has 1 saturated heterocycles. The molecule has 1 aromatic carbocycles. The molecule has 0 radical (unpaired) electrons. The van der Waals surface area contributed by atoms with Gasteiger partial charge >= 0.3 is 0 Å². The molecule has 3 atom stereocenters. The minimum absolute atomic E-state index is 0.0594. The quantitative estimate of drug-likeness (QED) is 0.778. The number of hydrogen-bond acceptors (Lipinski definition) is 5. The molecule has 1 aliphatic carbocycles. The summed E-state index contributed by atoms with van der Waals surface area (Å²) in [5.41, 5.74) is 0. The molecule has 1 aromatic heterocycles. The highest BCUT2D eigenvalue weighted by Crippen LogP contribution is 2.45. The third-order valence-electron chi connectivity index (χ3n) is 5.35. The maximum atomic E-state index is 13.2. The van der Waals surface area contributed by atoms with E-state index in [0.29, 0.717) is 18.3 Å². The summed E-state index contributed by atoms with van der Waals surface area (Å²) in [5, 5.41) is 0. The molecule has 138 valence electrons.